The fourth-order valence-electron chi connectivity index (χ4n) is 2.58. The Morgan fingerprint density at radius 3 is 2.72 bits per heavy atom. The van der Waals surface area contributed by atoms with Gasteiger partial charge in [0.1, 0.15) is 18.2 Å². The highest BCUT2D eigenvalue weighted by atomic mass is 19.1. The zero-order valence-corrected chi connectivity index (χ0v) is 13.7. The number of hydrogen-bond acceptors (Lipinski definition) is 3. The lowest BCUT2D eigenvalue weighted by atomic mass is 9.99. The van der Waals surface area contributed by atoms with E-state index >= 15 is 0 Å². The van der Waals surface area contributed by atoms with E-state index in [4.69, 9.17) is 10.5 Å². The van der Waals surface area contributed by atoms with Crippen molar-refractivity contribution < 1.29 is 13.9 Å². The van der Waals surface area contributed by atoms with Gasteiger partial charge in [-0.15, -0.1) is 0 Å². The van der Waals surface area contributed by atoms with Gasteiger partial charge in [-0.3, -0.25) is 9.78 Å². The van der Waals surface area contributed by atoms with Crippen LogP contribution in [0.5, 0.6) is 5.75 Å². The van der Waals surface area contributed by atoms with E-state index in [1.807, 2.05) is 19.1 Å². The molecule has 1 amide bonds. The first kappa shape index (κ1) is 16.6. The first-order valence-corrected chi connectivity index (χ1v) is 7.77. The number of nitrogens with two attached hydrogens (primary N) is 1. The molecular formula is C20H17FN2O2. The van der Waals surface area contributed by atoms with E-state index in [2.05, 4.69) is 4.98 Å². The summed E-state index contributed by atoms with van der Waals surface area (Å²) in [5, 5.41) is 0. The number of ether oxygens (including phenoxy) is 1. The van der Waals surface area contributed by atoms with Crippen molar-refractivity contribution in [1.29, 1.82) is 0 Å². The number of pyridine rings is 1. The molecule has 4 nitrogen and oxygen atoms in total. The number of carbonyl (C=O) groups is 1. The monoisotopic (exact) mass is 336 g/mol. The van der Waals surface area contributed by atoms with E-state index in [1.165, 1.54) is 12.1 Å². The third-order valence-corrected chi connectivity index (χ3v) is 3.89. The topological polar surface area (TPSA) is 65.2 Å². The predicted molar refractivity (Wildman–Crippen MR) is 93.7 cm³/mol. The maximum atomic E-state index is 14.0. The average molecular weight is 336 g/mol. The van der Waals surface area contributed by atoms with E-state index < -0.39 is 11.7 Å². The maximum absolute atomic E-state index is 14.0. The summed E-state index contributed by atoms with van der Waals surface area (Å²) in [5.41, 5.74) is 8.63. The minimum absolute atomic E-state index is 0.278. The maximum Gasteiger partial charge on any atom is 0.249 e. The van der Waals surface area contributed by atoms with Crippen molar-refractivity contribution in [2.75, 3.05) is 0 Å². The van der Waals surface area contributed by atoms with Gasteiger partial charge in [0, 0.05) is 29.1 Å². The Kier molecular flexibility index (Phi) is 4.75. The lowest BCUT2D eigenvalue weighted by Gasteiger charge is -2.11. The Hall–Kier alpha value is -3.21. The summed E-state index contributed by atoms with van der Waals surface area (Å²) in [6, 6.07) is 14.9. The predicted octanol–water partition coefficient (Wildman–Crippen LogP) is 3.87. The minimum atomic E-state index is -0.562. The second-order valence-corrected chi connectivity index (χ2v) is 5.62. The minimum Gasteiger partial charge on any atom is -0.489 e. The number of primary amides is 1. The molecule has 0 aliphatic carbocycles. The summed E-state index contributed by atoms with van der Waals surface area (Å²) in [7, 11) is 0. The van der Waals surface area contributed by atoms with Crippen molar-refractivity contribution in [3.8, 4) is 16.9 Å². The molecule has 3 rings (SSSR count). The van der Waals surface area contributed by atoms with Crippen molar-refractivity contribution in [3.05, 3.63) is 83.4 Å². The molecule has 5 heteroatoms. The van der Waals surface area contributed by atoms with E-state index in [0.29, 0.717) is 22.4 Å². The molecule has 0 bridgehead atoms. The molecule has 1 heterocycles. The van der Waals surface area contributed by atoms with Crippen molar-refractivity contribution in [3.63, 3.8) is 0 Å². The molecule has 2 aromatic carbocycles. The van der Waals surface area contributed by atoms with Crippen LogP contribution < -0.4 is 10.5 Å². The summed E-state index contributed by atoms with van der Waals surface area (Å²) >= 11 is 0. The quantitative estimate of drug-likeness (QED) is 0.769. The van der Waals surface area contributed by atoms with Crippen LogP contribution in [0.25, 0.3) is 11.1 Å². The zero-order chi connectivity index (χ0) is 17.8. The Labute approximate surface area is 145 Å². The molecule has 25 heavy (non-hydrogen) atoms. The number of aryl methyl sites for hydroxylation is 1. The van der Waals surface area contributed by atoms with Crippen LogP contribution in [0.15, 0.2) is 60.8 Å². The number of nitrogens with zero attached hydrogens (tertiary/aromatic N) is 1. The second kappa shape index (κ2) is 7.13. The Morgan fingerprint density at radius 2 is 1.96 bits per heavy atom. The zero-order valence-electron chi connectivity index (χ0n) is 13.7. The van der Waals surface area contributed by atoms with Crippen LogP contribution in [0.4, 0.5) is 4.39 Å². The van der Waals surface area contributed by atoms with Crippen LogP contribution in [0.1, 0.15) is 21.6 Å². The normalized spacial score (nSPS) is 10.5. The molecule has 126 valence electrons. The van der Waals surface area contributed by atoms with Gasteiger partial charge >= 0.3 is 0 Å². The lowest BCUT2D eigenvalue weighted by molar-refractivity contribution is 0.100. The summed E-state index contributed by atoms with van der Waals surface area (Å²) in [6.45, 7) is 2.17. The molecule has 2 N–H and O–H groups in total. The molecule has 0 atom stereocenters. The van der Waals surface area contributed by atoms with E-state index in [9.17, 15) is 9.18 Å². The van der Waals surface area contributed by atoms with Gasteiger partial charge in [0.2, 0.25) is 5.91 Å². The molecule has 0 aliphatic rings. The highest BCUT2D eigenvalue weighted by molar-refractivity contribution is 5.99. The van der Waals surface area contributed by atoms with E-state index in [1.54, 1.807) is 36.5 Å². The Balaban J connectivity index is 1.91. The van der Waals surface area contributed by atoms with Crippen LogP contribution in [-0.4, -0.2) is 10.9 Å². The van der Waals surface area contributed by atoms with Crippen molar-refractivity contribution in [1.82, 2.24) is 4.98 Å². The van der Waals surface area contributed by atoms with Gasteiger partial charge in [-0.2, -0.15) is 0 Å². The van der Waals surface area contributed by atoms with Crippen molar-refractivity contribution >= 4 is 5.91 Å². The number of carbonyl (C=O) groups excluding carboxylic acids is 1. The SMILES string of the molecule is Cc1ncccc1COc1cc(F)cc(-c2ccccc2C(N)=O)c1. The van der Waals surface area contributed by atoms with Crippen LogP contribution in [0.2, 0.25) is 0 Å². The van der Waals surface area contributed by atoms with Gasteiger partial charge in [-0.1, -0.05) is 24.3 Å². The molecule has 0 radical (unpaired) electrons. The molecular weight excluding hydrogens is 319 g/mol. The summed E-state index contributed by atoms with van der Waals surface area (Å²) in [4.78, 5) is 15.8. The van der Waals surface area contributed by atoms with Gasteiger partial charge in [0.25, 0.3) is 0 Å². The van der Waals surface area contributed by atoms with Gasteiger partial charge < -0.3 is 10.5 Å². The van der Waals surface area contributed by atoms with E-state index in [-0.39, 0.29) is 6.61 Å². The first-order chi connectivity index (χ1) is 12.0. The van der Waals surface area contributed by atoms with Crippen molar-refractivity contribution in [2.45, 2.75) is 13.5 Å². The largest absolute Gasteiger partial charge is 0.489 e. The molecule has 3 aromatic rings. The van der Waals surface area contributed by atoms with Crippen LogP contribution in [-0.2, 0) is 6.61 Å². The summed E-state index contributed by atoms with van der Waals surface area (Å²) < 4.78 is 19.8. The number of halogens is 1. The highest BCUT2D eigenvalue weighted by Gasteiger charge is 2.12. The third kappa shape index (κ3) is 3.83. The van der Waals surface area contributed by atoms with Gasteiger partial charge in [-0.05, 0) is 42.3 Å². The fraction of sp³-hybridized carbons (Fsp3) is 0.100. The second-order valence-electron chi connectivity index (χ2n) is 5.62. The first-order valence-electron chi connectivity index (χ1n) is 7.77. The Bertz CT molecular complexity index is 925. The van der Waals surface area contributed by atoms with Gasteiger partial charge in [0.15, 0.2) is 0 Å². The third-order valence-electron chi connectivity index (χ3n) is 3.89. The molecule has 1 aromatic heterocycles. The average Bonchev–Trinajstić information content (AvgIpc) is 2.60. The smallest absolute Gasteiger partial charge is 0.249 e. The highest BCUT2D eigenvalue weighted by Crippen LogP contribution is 2.28. The van der Waals surface area contributed by atoms with Crippen LogP contribution in [0, 0.1) is 12.7 Å². The number of aromatic nitrogens is 1. The number of rotatable bonds is 5. The standard InChI is InChI=1S/C20H17FN2O2/c1-13-14(5-4-8-23-13)12-25-17-10-15(9-16(21)11-17)18-6-2-3-7-19(18)20(22)24/h2-11H,12H2,1H3,(H2,22,24). The van der Waals surface area contributed by atoms with Crippen LogP contribution >= 0.6 is 0 Å². The molecule has 0 aliphatic heterocycles. The fourth-order valence-corrected chi connectivity index (χ4v) is 2.58. The molecule has 0 saturated heterocycles. The van der Waals surface area contributed by atoms with Gasteiger partial charge in [0.05, 0.1) is 0 Å². The molecule has 0 spiro atoms. The molecule has 0 saturated carbocycles. The summed E-state index contributed by atoms with van der Waals surface area (Å²) in [6.07, 6.45) is 1.71. The number of hydrogen-bond donors (Lipinski definition) is 1. The van der Waals surface area contributed by atoms with E-state index in [0.717, 1.165) is 11.3 Å². The Morgan fingerprint density at radius 1 is 1.16 bits per heavy atom. The van der Waals surface area contributed by atoms with Gasteiger partial charge in [-0.25, -0.2) is 4.39 Å². The van der Waals surface area contributed by atoms with Crippen LogP contribution in [0.3, 0.4) is 0 Å². The molecule has 0 fully saturated rings. The number of amides is 1. The summed E-state index contributed by atoms with van der Waals surface area (Å²) in [5.74, 6) is -0.638. The lowest BCUT2D eigenvalue weighted by Crippen LogP contribution is -2.12. The molecule has 0 unspecified atom stereocenters. The number of benzene rings is 2. The van der Waals surface area contributed by atoms with Crippen molar-refractivity contribution in [2.24, 2.45) is 5.73 Å².